The molecular weight excluding hydrogens is 877 g/mol. The summed E-state index contributed by atoms with van der Waals surface area (Å²) in [5.41, 5.74) is 4.95. The molecule has 0 radical (unpaired) electrons. The van der Waals surface area contributed by atoms with E-state index < -0.39 is 26.7 Å². The molecule has 0 spiro atoms. The summed E-state index contributed by atoms with van der Waals surface area (Å²) in [4.78, 5) is 31.6. The third kappa shape index (κ3) is 10.5. The zero-order valence-electron chi connectivity index (χ0n) is 35.8. The Morgan fingerprint density at radius 3 is 2.23 bits per heavy atom. The van der Waals surface area contributed by atoms with Gasteiger partial charge in [0, 0.05) is 89.9 Å². The van der Waals surface area contributed by atoms with Crippen LogP contribution in [0.25, 0.3) is 22.4 Å². The maximum Gasteiger partial charge on any atom is 0.338 e. The summed E-state index contributed by atoms with van der Waals surface area (Å²) in [5.74, 6) is -1.03. The van der Waals surface area contributed by atoms with E-state index in [9.17, 15) is 32.8 Å². The first-order valence-electron chi connectivity index (χ1n) is 20.6. The van der Waals surface area contributed by atoms with E-state index >= 15 is 0 Å². The van der Waals surface area contributed by atoms with Crippen LogP contribution in [0.1, 0.15) is 22.5 Å². The molecule has 334 valence electrons. The SMILES string of the molecule is Cc1c(C(=O)O)c(-c2cccc(N3CCN(c4ccc(NS(=O)(=O)c5ccc(N[C@H](CCN(C)C)CSc6ccccc6)c([N+](=O)[O-])c5)cc4)CC3)c2)c(-c2ccc(Cl)c(F)c2)n1C. The number of piperazine rings is 1. The number of halogens is 2. The smallest absolute Gasteiger partial charge is 0.338 e. The molecule has 1 atom stereocenters. The van der Waals surface area contributed by atoms with Crippen molar-refractivity contribution in [2.24, 2.45) is 7.05 Å². The van der Waals surface area contributed by atoms with E-state index in [0.29, 0.717) is 72.1 Å². The number of thioether (sulfide) groups is 1. The summed E-state index contributed by atoms with van der Waals surface area (Å²) in [6.45, 7) is 5.10. The van der Waals surface area contributed by atoms with E-state index in [1.54, 1.807) is 48.5 Å². The minimum Gasteiger partial charge on any atom is -0.478 e. The van der Waals surface area contributed by atoms with Crippen molar-refractivity contribution in [3.8, 4) is 22.4 Å². The van der Waals surface area contributed by atoms with Gasteiger partial charge in [-0.2, -0.15) is 0 Å². The quantitative estimate of drug-likeness (QED) is 0.0455. The molecule has 7 rings (SSSR count). The normalized spacial score (nSPS) is 13.5. The molecule has 3 N–H and O–H groups in total. The summed E-state index contributed by atoms with van der Waals surface area (Å²) in [6, 6.07) is 32.8. The molecule has 64 heavy (non-hydrogen) atoms. The van der Waals surface area contributed by atoms with Crippen molar-refractivity contribution >= 4 is 67.8 Å². The average Bonchev–Trinajstić information content (AvgIpc) is 3.55. The van der Waals surface area contributed by atoms with E-state index in [1.165, 1.54) is 24.3 Å². The maximum atomic E-state index is 14.6. The molecule has 1 aliphatic heterocycles. The summed E-state index contributed by atoms with van der Waals surface area (Å²) < 4.78 is 46.1. The molecule has 5 aromatic carbocycles. The maximum absolute atomic E-state index is 14.6. The predicted octanol–water partition coefficient (Wildman–Crippen LogP) is 9.72. The number of carbonyl (C=O) groups is 1. The van der Waals surface area contributed by atoms with Crippen LogP contribution in [0.15, 0.2) is 125 Å². The Bertz CT molecular complexity index is 2760. The number of carboxylic acid groups (broad SMARTS) is 1. The molecule has 17 heteroatoms. The highest BCUT2D eigenvalue weighted by Gasteiger charge is 2.28. The molecule has 2 heterocycles. The van der Waals surface area contributed by atoms with Gasteiger partial charge in [-0.25, -0.2) is 17.6 Å². The number of anilines is 4. The minimum atomic E-state index is -4.18. The fourth-order valence-electron chi connectivity index (χ4n) is 7.86. The van der Waals surface area contributed by atoms with E-state index in [-0.39, 0.29) is 32.9 Å². The summed E-state index contributed by atoms with van der Waals surface area (Å²) in [6.07, 6.45) is 0.717. The zero-order chi connectivity index (χ0) is 45.7. The fourth-order valence-corrected chi connectivity index (χ4v) is 10.0. The molecule has 1 aliphatic rings. The summed E-state index contributed by atoms with van der Waals surface area (Å²) in [7, 11) is 1.51. The number of carboxylic acids is 1. The molecular formula is C47H49ClFN7O6S2. The number of aromatic nitrogens is 1. The van der Waals surface area contributed by atoms with Crippen LogP contribution >= 0.6 is 23.4 Å². The molecule has 1 aromatic heterocycles. The number of hydrogen-bond acceptors (Lipinski definition) is 10. The van der Waals surface area contributed by atoms with Crippen LogP contribution in [0.5, 0.6) is 0 Å². The molecule has 0 amide bonds. The number of sulfonamides is 1. The Kier molecular flexibility index (Phi) is 14.2. The van der Waals surface area contributed by atoms with Crippen LogP contribution in [0, 0.1) is 22.9 Å². The van der Waals surface area contributed by atoms with Gasteiger partial charge in [-0.1, -0.05) is 48.0 Å². The first kappa shape index (κ1) is 45.9. The van der Waals surface area contributed by atoms with Crippen LogP contribution in [-0.2, 0) is 17.1 Å². The predicted molar refractivity (Wildman–Crippen MR) is 255 cm³/mol. The second-order valence-electron chi connectivity index (χ2n) is 15.8. The van der Waals surface area contributed by atoms with E-state index in [0.717, 1.165) is 28.9 Å². The highest BCUT2D eigenvalue weighted by Crippen LogP contribution is 2.41. The van der Waals surface area contributed by atoms with Gasteiger partial charge in [0.2, 0.25) is 0 Å². The molecule has 1 saturated heterocycles. The monoisotopic (exact) mass is 925 g/mol. The van der Waals surface area contributed by atoms with Gasteiger partial charge in [0.15, 0.2) is 0 Å². The van der Waals surface area contributed by atoms with Crippen molar-refractivity contribution in [3.05, 3.63) is 147 Å². The van der Waals surface area contributed by atoms with Crippen LogP contribution in [0.2, 0.25) is 5.02 Å². The van der Waals surface area contributed by atoms with Crippen LogP contribution < -0.4 is 19.8 Å². The van der Waals surface area contributed by atoms with E-state index in [4.69, 9.17) is 11.6 Å². The van der Waals surface area contributed by atoms with E-state index in [1.807, 2.05) is 85.7 Å². The highest BCUT2D eigenvalue weighted by atomic mass is 35.5. The lowest BCUT2D eigenvalue weighted by Crippen LogP contribution is -2.46. The second kappa shape index (κ2) is 19.8. The second-order valence-corrected chi connectivity index (χ2v) is 19.0. The molecule has 0 bridgehead atoms. The fraction of sp³-hybridized carbons (Fsp3) is 0.255. The third-order valence-corrected chi connectivity index (χ3v) is 14.2. The Hall–Kier alpha value is -6.07. The Morgan fingerprint density at radius 2 is 1.59 bits per heavy atom. The summed E-state index contributed by atoms with van der Waals surface area (Å²) in [5, 5.41) is 25.9. The first-order valence-corrected chi connectivity index (χ1v) is 23.4. The lowest BCUT2D eigenvalue weighted by molar-refractivity contribution is -0.384. The Labute approximate surface area is 381 Å². The topological polar surface area (TPSA) is 153 Å². The van der Waals surface area contributed by atoms with Gasteiger partial charge in [-0.15, -0.1) is 11.8 Å². The zero-order valence-corrected chi connectivity index (χ0v) is 38.2. The Morgan fingerprint density at radius 1 is 0.906 bits per heavy atom. The minimum absolute atomic E-state index is 0.0219. The van der Waals surface area contributed by atoms with Crippen molar-refractivity contribution in [1.82, 2.24) is 9.47 Å². The van der Waals surface area contributed by atoms with Gasteiger partial charge in [0.1, 0.15) is 11.5 Å². The molecule has 1 fully saturated rings. The van der Waals surface area contributed by atoms with Gasteiger partial charge < -0.3 is 29.7 Å². The molecule has 6 aromatic rings. The van der Waals surface area contributed by atoms with Gasteiger partial charge in [-0.3, -0.25) is 14.8 Å². The van der Waals surface area contributed by atoms with Crippen molar-refractivity contribution in [2.45, 2.75) is 29.2 Å². The standard InChI is InChI=1S/C47H49ClFN7O6S2/c1-31-44(47(57)58)45(46(53(31)4)33-13-19-40(48)41(49)28-33)32-9-8-10-37(27-32)55-25-23-54(24-26-55)36-16-14-34(15-17-36)51-64(61,62)39-18-20-42(43(29-39)56(59)60)50-35(21-22-52(2)3)30-63-38-11-6-5-7-12-38/h5-20,27-29,35,50-51H,21-26,30H2,1-4H3,(H,57,58)/t35-/m1/s1. The lowest BCUT2D eigenvalue weighted by Gasteiger charge is -2.37. The lowest BCUT2D eigenvalue weighted by atomic mass is 9.96. The number of nitro benzene ring substituents is 1. The molecule has 0 saturated carbocycles. The van der Waals surface area contributed by atoms with Crippen molar-refractivity contribution in [2.75, 3.05) is 72.4 Å². The van der Waals surface area contributed by atoms with Gasteiger partial charge >= 0.3 is 5.97 Å². The molecule has 0 aliphatic carbocycles. The molecule has 0 unspecified atom stereocenters. The van der Waals surface area contributed by atoms with Crippen molar-refractivity contribution in [3.63, 3.8) is 0 Å². The number of nitrogens with one attached hydrogen (secondary N) is 2. The van der Waals surface area contributed by atoms with Gasteiger partial charge in [0.05, 0.1) is 26.1 Å². The molecule has 13 nitrogen and oxygen atoms in total. The van der Waals surface area contributed by atoms with Crippen molar-refractivity contribution in [1.29, 1.82) is 0 Å². The largest absolute Gasteiger partial charge is 0.478 e. The van der Waals surface area contributed by atoms with Crippen molar-refractivity contribution < 1.29 is 27.6 Å². The Balaban J connectivity index is 1.02. The van der Waals surface area contributed by atoms with Crippen LogP contribution in [-0.4, -0.2) is 92.5 Å². The van der Waals surface area contributed by atoms with E-state index in [2.05, 4.69) is 19.8 Å². The number of nitro groups is 1. The van der Waals surface area contributed by atoms with Crippen LogP contribution in [0.3, 0.4) is 0 Å². The van der Waals surface area contributed by atoms with Crippen LogP contribution in [0.4, 0.5) is 32.8 Å². The average molecular weight is 927 g/mol. The number of hydrogen-bond donors (Lipinski definition) is 3. The number of aromatic carboxylic acids is 1. The highest BCUT2D eigenvalue weighted by molar-refractivity contribution is 7.99. The third-order valence-electron chi connectivity index (χ3n) is 11.3. The van der Waals surface area contributed by atoms with Gasteiger partial charge in [0.25, 0.3) is 15.7 Å². The number of benzene rings is 5. The number of rotatable bonds is 17. The van der Waals surface area contributed by atoms with Gasteiger partial charge in [-0.05, 0) is 112 Å². The number of nitrogens with zero attached hydrogens (tertiary/aromatic N) is 5. The first-order chi connectivity index (χ1) is 30.6. The summed E-state index contributed by atoms with van der Waals surface area (Å²) >= 11 is 7.63.